The molecule has 4 nitrogen and oxygen atoms in total. The van der Waals surface area contributed by atoms with Crippen LogP contribution in [0.1, 0.15) is 22.8 Å². The predicted octanol–water partition coefficient (Wildman–Crippen LogP) is 2.47. The van der Waals surface area contributed by atoms with Crippen LogP contribution in [0.3, 0.4) is 0 Å². The van der Waals surface area contributed by atoms with Gasteiger partial charge < -0.3 is 20.3 Å². The molecule has 23 heavy (non-hydrogen) atoms. The number of likely N-dealkylation sites (N-methyl/N-ethyl adjacent to an activating group) is 1. The second-order valence-corrected chi connectivity index (χ2v) is 6.05. The molecule has 5 heteroatoms. The number of rotatable bonds is 4. The summed E-state index contributed by atoms with van der Waals surface area (Å²) in [6.45, 7) is 2.05. The molecule has 2 aromatic carbocycles. The maximum Gasteiger partial charge on any atom is 0.154 e. The van der Waals surface area contributed by atoms with Gasteiger partial charge >= 0.3 is 0 Å². The van der Waals surface area contributed by atoms with E-state index in [-0.39, 0.29) is 11.6 Å². The van der Waals surface area contributed by atoms with Crippen molar-refractivity contribution in [2.45, 2.75) is 25.0 Å². The molecule has 2 aromatic rings. The highest BCUT2D eigenvalue weighted by Crippen LogP contribution is 2.43. The second kappa shape index (κ2) is 5.83. The first-order chi connectivity index (χ1) is 10.9. The molecule has 0 amide bonds. The molecule has 0 bridgehead atoms. The van der Waals surface area contributed by atoms with Gasteiger partial charge in [-0.05, 0) is 43.8 Å². The van der Waals surface area contributed by atoms with Crippen LogP contribution in [0.2, 0.25) is 0 Å². The summed E-state index contributed by atoms with van der Waals surface area (Å²) >= 11 is 0. The van der Waals surface area contributed by atoms with Crippen molar-refractivity contribution in [1.82, 2.24) is 5.32 Å². The summed E-state index contributed by atoms with van der Waals surface area (Å²) in [6.07, 6.45) is -0.326. The van der Waals surface area contributed by atoms with Crippen molar-refractivity contribution in [3.8, 4) is 11.5 Å². The molecule has 0 radical (unpaired) electrons. The van der Waals surface area contributed by atoms with E-state index in [1.807, 2.05) is 0 Å². The van der Waals surface area contributed by atoms with Gasteiger partial charge in [-0.2, -0.15) is 0 Å². The standard InChI is InChI=1S/C18H20FNO3/c1-11-15(21)4-3-5-16(11)23-17-14-8-13(19)7-6-12(14)9-18(17,22)10-20-2/h3-8,17,20-22H,9-10H2,1-2H3. The van der Waals surface area contributed by atoms with Crippen molar-refractivity contribution in [2.75, 3.05) is 13.6 Å². The number of ether oxygens (including phenoxy) is 1. The number of benzene rings is 2. The lowest BCUT2D eigenvalue weighted by Crippen LogP contribution is -2.45. The number of hydrogen-bond donors (Lipinski definition) is 3. The molecule has 0 aromatic heterocycles. The number of phenols is 1. The molecule has 0 aliphatic heterocycles. The molecule has 122 valence electrons. The Morgan fingerprint density at radius 2 is 2.13 bits per heavy atom. The van der Waals surface area contributed by atoms with Crippen LogP contribution in [0.4, 0.5) is 4.39 Å². The largest absolute Gasteiger partial charge is 0.508 e. The highest BCUT2D eigenvalue weighted by molar-refractivity contribution is 5.45. The fraction of sp³-hybridized carbons (Fsp3) is 0.333. The molecule has 1 aliphatic rings. The zero-order valence-corrected chi connectivity index (χ0v) is 13.1. The van der Waals surface area contributed by atoms with Crippen LogP contribution in [0.25, 0.3) is 0 Å². The summed E-state index contributed by atoms with van der Waals surface area (Å²) in [6, 6.07) is 9.46. The van der Waals surface area contributed by atoms with Gasteiger partial charge in [-0.1, -0.05) is 12.1 Å². The molecular formula is C18H20FNO3. The van der Waals surface area contributed by atoms with E-state index in [0.29, 0.717) is 29.8 Å². The Kier molecular flexibility index (Phi) is 4.00. The van der Waals surface area contributed by atoms with Gasteiger partial charge in [0.25, 0.3) is 0 Å². The van der Waals surface area contributed by atoms with E-state index in [1.54, 1.807) is 38.2 Å². The number of aliphatic hydroxyl groups is 1. The van der Waals surface area contributed by atoms with Crippen molar-refractivity contribution in [2.24, 2.45) is 0 Å². The van der Waals surface area contributed by atoms with Gasteiger partial charge in [-0.15, -0.1) is 0 Å². The number of nitrogens with one attached hydrogen (secondary N) is 1. The van der Waals surface area contributed by atoms with E-state index in [9.17, 15) is 14.6 Å². The Balaban J connectivity index is 2.03. The van der Waals surface area contributed by atoms with Crippen LogP contribution in [0, 0.1) is 12.7 Å². The Morgan fingerprint density at radius 3 is 2.87 bits per heavy atom. The fourth-order valence-electron chi connectivity index (χ4n) is 3.17. The van der Waals surface area contributed by atoms with Gasteiger partial charge in [0.15, 0.2) is 6.10 Å². The summed E-state index contributed by atoms with van der Waals surface area (Å²) in [5.74, 6) is 0.234. The Hall–Kier alpha value is -2.11. The van der Waals surface area contributed by atoms with Crippen LogP contribution in [-0.4, -0.2) is 29.4 Å². The average molecular weight is 317 g/mol. The van der Waals surface area contributed by atoms with E-state index < -0.39 is 11.7 Å². The normalized spacial score (nSPS) is 22.9. The molecule has 0 spiro atoms. The summed E-state index contributed by atoms with van der Waals surface area (Å²) in [4.78, 5) is 0. The lowest BCUT2D eigenvalue weighted by atomic mass is 9.97. The van der Waals surface area contributed by atoms with Crippen molar-refractivity contribution in [3.05, 3.63) is 58.9 Å². The lowest BCUT2D eigenvalue weighted by molar-refractivity contribution is -0.0488. The molecule has 1 aliphatic carbocycles. The van der Waals surface area contributed by atoms with Crippen LogP contribution in [0.5, 0.6) is 11.5 Å². The fourth-order valence-corrected chi connectivity index (χ4v) is 3.17. The third-order valence-corrected chi connectivity index (χ3v) is 4.36. The van der Waals surface area contributed by atoms with Crippen molar-refractivity contribution >= 4 is 0 Å². The van der Waals surface area contributed by atoms with Gasteiger partial charge in [0.1, 0.15) is 22.9 Å². The first-order valence-corrected chi connectivity index (χ1v) is 7.55. The van der Waals surface area contributed by atoms with Crippen LogP contribution in [-0.2, 0) is 6.42 Å². The maximum absolute atomic E-state index is 13.7. The average Bonchev–Trinajstić information content (AvgIpc) is 2.76. The minimum absolute atomic E-state index is 0.122. The van der Waals surface area contributed by atoms with Gasteiger partial charge in [-0.25, -0.2) is 4.39 Å². The van der Waals surface area contributed by atoms with E-state index in [4.69, 9.17) is 4.74 Å². The first-order valence-electron chi connectivity index (χ1n) is 7.55. The first kappa shape index (κ1) is 15.8. The molecule has 0 fully saturated rings. The molecule has 0 heterocycles. The van der Waals surface area contributed by atoms with Crippen molar-refractivity contribution < 1.29 is 19.3 Å². The van der Waals surface area contributed by atoms with E-state index in [1.165, 1.54) is 12.1 Å². The van der Waals surface area contributed by atoms with E-state index in [0.717, 1.165) is 5.56 Å². The zero-order valence-electron chi connectivity index (χ0n) is 13.1. The highest BCUT2D eigenvalue weighted by Gasteiger charge is 2.46. The summed E-state index contributed by atoms with van der Waals surface area (Å²) in [7, 11) is 1.75. The van der Waals surface area contributed by atoms with Crippen LogP contribution < -0.4 is 10.1 Å². The predicted molar refractivity (Wildman–Crippen MR) is 85.2 cm³/mol. The minimum Gasteiger partial charge on any atom is -0.508 e. The lowest BCUT2D eigenvalue weighted by Gasteiger charge is -2.31. The highest BCUT2D eigenvalue weighted by atomic mass is 19.1. The van der Waals surface area contributed by atoms with Gasteiger partial charge in [0, 0.05) is 24.1 Å². The molecule has 0 saturated heterocycles. The van der Waals surface area contributed by atoms with Gasteiger partial charge in [0.05, 0.1) is 0 Å². The van der Waals surface area contributed by atoms with E-state index in [2.05, 4.69) is 5.32 Å². The molecule has 2 atom stereocenters. The van der Waals surface area contributed by atoms with Crippen LogP contribution >= 0.6 is 0 Å². The summed E-state index contributed by atoms with van der Waals surface area (Å²) in [5.41, 5.74) is 0.921. The topological polar surface area (TPSA) is 61.7 Å². The minimum atomic E-state index is -1.18. The quantitative estimate of drug-likeness (QED) is 0.811. The van der Waals surface area contributed by atoms with Crippen molar-refractivity contribution in [3.63, 3.8) is 0 Å². The number of halogens is 1. The summed E-state index contributed by atoms with van der Waals surface area (Å²) < 4.78 is 19.7. The Bertz CT molecular complexity index is 734. The third kappa shape index (κ3) is 2.78. The van der Waals surface area contributed by atoms with Crippen LogP contribution in [0.15, 0.2) is 36.4 Å². The molecule has 3 rings (SSSR count). The van der Waals surface area contributed by atoms with E-state index >= 15 is 0 Å². The Labute approximate surface area is 134 Å². The molecule has 3 N–H and O–H groups in total. The molecule has 2 unspecified atom stereocenters. The smallest absolute Gasteiger partial charge is 0.154 e. The number of phenolic OH excluding ortho intramolecular Hbond substituents is 1. The summed E-state index contributed by atoms with van der Waals surface area (Å²) in [5, 5.41) is 23.8. The van der Waals surface area contributed by atoms with Gasteiger partial charge in [-0.3, -0.25) is 0 Å². The second-order valence-electron chi connectivity index (χ2n) is 6.05. The van der Waals surface area contributed by atoms with Crippen molar-refractivity contribution in [1.29, 1.82) is 0 Å². The monoisotopic (exact) mass is 317 g/mol. The molecule has 0 saturated carbocycles. The van der Waals surface area contributed by atoms with Gasteiger partial charge in [0.2, 0.25) is 0 Å². The number of fused-ring (bicyclic) bond motifs is 1. The SMILES string of the molecule is CNCC1(O)Cc2ccc(F)cc2C1Oc1cccc(O)c1C. The number of aromatic hydroxyl groups is 1. The third-order valence-electron chi connectivity index (χ3n) is 4.36. The Morgan fingerprint density at radius 1 is 1.35 bits per heavy atom. The zero-order chi connectivity index (χ0) is 16.6. The maximum atomic E-state index is 13.7. The molecular weight excluding hydrogens is 297 g/mol. The number of hydrogen-bond acceptors (Lipinski definition) is 4.